The van der Waals surface area contributed by atoms with Crippen molar-refractivity contribution in [2.24, 2.45) is 5.92 Å². The Labute approximate surface area is 159 Å². The van der Waals surface area contributed by atoms with Crippen LogP contribution in [0.3, 0.4) is 0 Å². The van der Waals surface area contributed by atoms with Crippen LogP contribution in [0.5, 0.6) is 0 Å². The van der Waals surface area contributed by atoms with Gasteiger partial charge in [0.05, 0.1) is 5.75 Å². The molecule has 1 fully saturated rings. The van der Waals surface area contributed by atoms with E-state index in [0.717, 1.165) is 5.56 Å². The Morgan fingerprint density at radius 3 is 2.56 bits per heavy atom. The smallest absolute Gasteiger partial charge is 0.248 e. The van der Waals surface area contributed by atoms with Gasteiger partial charge < -0.3 is 9.84 Å². The lowest BCUT2D eigenvalue weighted by Crippen LogP contribution is -2.43. The predicted octanol–water partition coefficient (Wildman–Crippen LogP) is 1.80. The van der Waals surface area contributed by atoms with E-state index in [9.17, 15) is 13.2 Å². The van der Waals surface area contributed by atoms with Crippen LogP contribution in [0, 0.1) is 12.8 Å². The van der Waals surface area contributed by atoms with E-state index in [2.05, 4.69) is 15.5 Å². The molecule has 0 saturated carbocycles. The van der Waals surface area contributed by atoms with Crippen LogP contribution in [0.4, 0.5) is 0 Å². The fourth-order valence-electron chi connectivity index (χ4n) is 3.15. The van der Waals surface area contributed by atoms with Gasteiger partial charge in [-0.05, 0) is 32.3 Å². The molecule has 2 heterocycles. The minimum absolute atomic E-state index is 0.0156. The van der Waals surface area contributed by atoms with Gasteiger partial charge in [0.1, 0.15) is 6.04 Å². The highest BCUT2D eigenvalue weighted by atomic mass is 32.2. The van der Waals surface area contributed by atoms with Gasteiger partial charge in [0.25, 0.3) is 0 Å². The largest absolute Gasteiger partial charge is 0.344 e. The lowest BCUT2D eigenvalue weighted by molar-refractivity contribution is -0.126. The fourth-order valence-corrected chi connectivity index (χ4v) is 4.72. The zero-order valence-corrected chi connectivity index (χ0v) is 16.3. The Kier molecular flexibility index (Phi) is 5.91. The standard InChI is InChI=1S/C18H24N4O4S/c1-13(18-20-14(2)21-26-18)19-17(23)16-8-10-22(11-9-16)27(24,25)12-15-6-4-3-5-7-15/h3-7,13,16H,8-12H2,1-2H3,(H,19,23). The number of hydrogen-bond donors (Lipinski definition) is 1. The molecule has 1 unspecified atom stereocenters. The van der Waals surface area contributed by atoms with E-state index in [1.54, 1.807) is 26.0 Å². The summed E-state index contributed by atoms with van der Waals surface area (Å²) in [7, 11) is -3.38. The third-order valence-corrected chi connectivity index (χ3v) is 6.53. The maximum atomic E-state index is 12.6. The average Bonchev–Trinajstić information content (AvgIpc) is 3.09. The number of piperidine rings is 1. The molecule has 1 saturated heterocycles. The quantitative estimate of drug-likeness (QED) is 0.804. The maximum absolute atomic E-state index is 12.6. The van der Waals surface area contributed by atoms with Gasteiger partial charge in [0.2, 0.25) is 21.8 Å². The van der Waals surface area contributed by atoms with Gasteiger partial charge in [-0.3, -0.25) is 4.79 Å². The molecule has 1 aromatic heterocycles. The van der Waals surface area contributed by atoms with Crippen LogP contribution in [-0.4, -0.2) is 41.9 Å². The maximum Gasteiger partial charge on any atom is 0.248 e. The topological polar surface area (TPSA) is 105 Å². The van der Waals surface area contributed by atoms with E-state index >= 15 is 0 Å². The summed E-state index contributed by atoms with van der Waals surface area (Å²) in [5.41, 5.74) is 0.765. The second-order valence-corrected chi connectivity index (χ2v) is 8.79. The summed E-state index contributed by atoms with van der Waals surface area (Å²) >= 11 is 0. The molecule has 0 aliphatic carbocycles. The molecule has 1 aliphatic rings. The summed E-state index contributed by atoms with van der Waals surface area (Å²) in [6.45, 7) is 4.19. The number of carbonyl (C=O) groups is 1. The first-order chi connectivity index (χ1) is 12.8. The number of sulfonamides is 1. The summed E-state index contributed by atoms with van der Waals surface area (Å²) < 4.78 is 31.7. The number of amides is 1. The van der Waals surface area contributed by atoms with E-state index in [1.165, 1.54) is 4.31 Å². The van der Waals surface area contributed by atoms with Gasteiger partial charge >= 0.3 is 0 Å². The van der Waals surface area contributed by atoms with Gasteiger partial charge in [-0.2, -0.15) is 4.98 Å². The van der Waals surface area contributed by atoms with Crippen LogP contribution < -0.4 is 5.32 Å². The van der Waals surface area contributed by atoms with Crippen molar-refractivity contribution in [3.8, 4) is 0 Å². The van der Waals surface area contributed by atoms with Gasteiger partial charge in [-0.15, -0.1) is 0 Å². The van der Waals surface area contributed by atoms with E-state index < -0.39 is 10.0 Å². The first-order valence-corrected chi connectivity index (χ1v) is 10.6. The van der Waals surface area contributed by atoms with Gasteiger partial charge in [-0.25, -0.2) is 12.7 Å². The molecule has 9 heteroatoms. The summed E-state index contributed by atoms with van der Waals surface area (Å²) in [5.74, 6) is 0.531. The van der Waals surface area contributed by atoms with Crippen molar-refractivity contribution in [1.29, 1.82) is 0 Å². The van der Waals surface area contributed by atoms with E-state index in [0.29, 0.717) is 37.6 Å². The molecule has 146 valence electrons. The van der Waals surface area contributed by atoms with E-state index in [-0.39, 0.29) is 23.6 Å². The highest BCUT2D eigenvalue weighted by molar-refractivity contribution is 7.88. The number of carbonyl (C=O) groups excluding carboxylic acids is 1. The molecule has 1 amide bonds. The molecule has 27 heavy (non-hydrogen) atoms. The van der Waals surface area contributed by atoms with E-state index in [1.807, 2.05) is 18.2 Å². The number of benzene rings is 1. The second-order valence-electron chi connectivity index (χ2n) is 6.83. The molecule has 1 N–H and O–H groups in total. The minimum atomic E-state index is -3.38. The van der Waals surface area contributed by atoms with Crippen LogP contribution in [-0.2, 0) is 20.6 Å². The Morgan fingerprint density at radius 2 is 1.96 bits per heavy atom. The molecule has 1 atom stereocenters. The van der Waals surface area contributed by atoms with Crippen LogP contribution >= 0.6 is 0 Å². The van der Waals surface area contributed by atoms with Crippen LogP contribution in [0.2, 0.25) is 0 Å². The van der Waals surface area contributed by atoms with Gasteiger partial charge in [-0.1, -0.05) is 35.5 Å². The van der Waals surface area contributed by atoms with Crippen molar-refractivity contribution < 1.29 is 17.7 Å². The monoisotopic (exact) mass is 392 g/mol. The zero-order chi connectivity index (χ0) is 19.4. The van der Waals surface area contributed by atoms with Gasteiger partial charge in [0.15, 0.2) is 5.82 Å². The van der Waals surface area contributed by atoms with Crippen molar-refractivity contribution in [3.63, 3.8) is 0 Å². The molecule has 0 radical (unpaired) electrons. The molecular formula is C18H24N4O4S. The van der Waals surface area contributed by atoms with Crippen molar-refractivity contribution in [3.05, 3.63) is 47.6 Å². The minimum Gasteiger partial charge on any atom is -0.344 e. The molecule has 1 aliphatic heterocycles. The number of hydrogen-bond acceptors (Lipinski definition) is 6. The lowest BCUT2D eigenvalue weighted by Gasteiger charge is -2.31. The van der Waals surface area contributed by atoms with Gasteiger partial charge in [0, 0.05) is 19.0 Å². The molecule has 1 aromatic carbocycles. The predicted molar refractivity (Wildman–Crippen MR) is 99.0 cm³/mol. The molecule has 8 nitrogen and oxygen atoms in total. The lowest BCUT2D eigenvalue weighted by atomic mass is 9.97. The SMILES string of the molecule is Cc1noc(C(C)NC(=O)C2CCN(S(=O)(=O)Cc3ccccc3)CC2)n1. The van der Waals surface area contributed by atoms with Crippen LogP contribution in [0.1, 0.15) is 43.1 Å². The van der Waals surface area contributed by atoms with Crippen LogP contribution in [0.15, 0.2) is 34.9 Å². The number of nitrogens with one attached hydrogen (secondary N) is 1. The Balaban J connectivity index is 1.52. The molecule has 2 aromatic rings. The molecule has 0 bridgehead atoms. The molecular weight excluding hydrogens is 368 g/mol. The summed E-state index contributed by atoms with van der Waals surface area (Å²) in [6, 6.07) is 8.74. The first kappa shape index (κ1) is 19.5. The van der Waals surface area contributed by atoms with E-state index in [4.69, 9.17) is 4.52 Å². The summed E-state index contributed by atoms with van der Waals surface area (Å²) in [6.07, 6.45) is 0.991. The van der Waals surface area contributed by atoms with Crippen molar-refractivity contribution in [2.45, 2.75) is 38.5 Å². The second kappa shape index (κ2) is 8.18. The van der Waals surface area contributed by atoms with Crippen molar-refractivity contribution >= 4 is 15.9 Å². The van der Waals surface area contributed by atoms with Crippen LogP contribution in [0.25, 0.3) is 0 Å². The Morgan fingerprint density at radius 1 is 1.30 bits per heavy atom. The van der Waals surface area contributed by atoms with Crippen molar-refractivity contribution in [2.75, 3.05) is 13.1 Å². The fraction of sp³-hybridized carbons (Fsp3) is 0.500. The zero-order valence-electron chi connectivity index (χ0n) is 15.5. The first-order valence-electron chi connectivity index (χ1n) is 8.97. The normalized spacial score (nSPS) is 17.6. The van der Waals surface area contributed by atoms with Crippen molar-refractivity contribution in [1.82, 2.24) is 19.8 Å². The number of aryl methyl sites for hydroxylation is 1. The molecule has 3 rings (SSSR count). The highest BCUT2D eigenvalue weighted by Gasteiger charge is 2.32. The third kappa shape index (κ3) is 4.92. The number of aromatic nitrogens is 2. The summed E-state index contributed by atoms with van der Waals surface area (Å²) in [4.78, 5) is 16.6. The Hall–Kier alpha value is -2.26. The summed E-state index contributed by atoms with van der Waals surface area (Å²) in [5, 5.41) is 6.59. The highest BCUT2D eigenvalue weighted by Crippen LogP contribution is 2.23. The molecule has 0 spiro atoms. The number of nitrogens with zero attached hydrogens (tertiary/aromatic N) is 3. The number of rotatable bonds is 6. The average molecular weight is 392 g/mol. The third-order valence-electron chi connectivity index (χ3n) is 4.68. The Bertz CT molecular complexity index is 874.